The lowest BCUT2D eigenvalue weighted by Crippen LogP contribution is -2.60. The summed E-state index contributed by atoms with van der Waals surface area (Å²) in [7, 11) is -6.48. The van der Waals surface area contributed by atoms with Gasteiger partial charge in [-0.25, -0.2) is 4.79 Å². The van der Waals surface area contributed by atoms with Crippen molar-refractivity contribution in [2.75, 3.05) is 6.61 Å². The lowest BCUT2D eigenvalue weighted by Gasteiger charge is -2.36. The van der Waals surface area contributed by atoms with Crippen molar-refractivity contribution in [3.05, 3.63) is 12.2 Å². The van der Waals surface area contributed by atoms with Gasteiger partial charge in [0.1, 0.15) is 5.60 Å². The van der Waals surface area contributed by atoms with E-state index in [0.29, 0.717) is 0 Å². The maximum Gasteiger partial charge on any atom is 0.455 e. The Balaban J connectivity index is 5.63. The fourth-order valence-corrected chi connectivity index (χ4v) is 2.49. The zero-order valence-corrected chi connectivity index (χ0v) is 18.8. The van der Waals surface area contributed by atoms with Crippen molar-refractivity contribution < 1.29 is 67.8 Å². The first kappa shape index (κ1) is 31.5. The monoisotopic (exact) mass is 522 g/mol. The first-order valence-corrected chi connectivity index (χ1v) is 10.5. The first-order chi connectivity index (χ1) is 14.4. The summed E-state index contributed by atoms with van der Waals surface area (Å²) in [5.74, 6) is -11.6. The fourth-order valence-electron chi connectivity index (χ4n) is 2.01. The Morgan fingerprint density at radius 3 is 1.88 bits per heavy atom. The number of ether oxygens (including phenoxy) is 3. The number of rotatable bonds is 12. The number of esters is 1. The quantitative estimate of drug-likeness (QED) is 0.0993. The second kappa shape index (κ2) is 10.4. The predicted octanol–water partition coefficient (Wildman–Crippen LogP) is 3.80. The Hall–Kier alpha value is -1.49. The summed E-state index contributed by atoms with van der Waals surface area (Å²) in [6.45, 7) is 6.64. The zero-order valence-electron chi connectivity index (χ0n) is 18.0. The highest BCUT2D eigenvalue weighted by Crippen LogP contribution is 2.42. The smallest absolute Gasteiger partial charge is 0.455 e. The normalized spacial score (nSPS) is 16.8. The zero-order chi connectivity index (χ0) is 26.7. The standard InChI is InChI=1S/C17H25F7O8S/c1-10(2)11(25)31-15(16(20,21)22,12(26)32-13(3,4)5)30-9-7-6-8-14(18,19)17(23,24)33(27,28)29/h11,25H,1,6-9H2,2-5H3,(H,27,28,29). The molecule has 0 aliphatic carbocycles. The fraction of sp³-hybridized carbons (Fsp3) is 0.824. The molecule has 0 rings (SSSR count). The van der Waals surface area contributed by atoms with Gasteiger partial charge in [-0.15, -0.1) is 0 Å². The summed E-state index contributed by atoms with van der Waals surface area (Å²) in [5, 5.41) is 3.83. The molecule has 0 fully saturated rings. The van der Waals surface area contributed by atoms with Crippen LogP contribution in [0.25, 0.3) is 0 Å². The molecule has 8 nitrogen and oxygen atoms in total. The van der Waals surface area contributed by atoms with Crippen molar-refractivity contribution in [3.8, 4) is 0 Å². The summed E-state index contributed by atoms with van der Waals surface area (Å²) < 4.78 is 137. The molecule has 33 heavy (non-hydrogen) atoms. The molecule has 0 aromatic carbocycles. The van der Waals surface area contributed by atoms with Crippen LogP contribution in [0.1, 0.15) is 47.0 Å². The van der Waals surface area contributed by atoms with Crippen LogP contribution in [0.4, 0.5) is 30.7 Å². The van der Waals surface area contributed by atoms with Gasteiger partial charge in [0.2, 0.25) is 0 Å². The molecule has 0 aromatic heterocycles. The topological polar surface area (TPSA) is 119 Å². The predicted molar refractivity (Wildman–Crippen MR) is 97.8 cm³/mol. The van der Waals surface area contributed by atoms with Crippen molar-refractivity contribution in [2.45, 2.75) is 82.0 Å². The van der Waals surface area contributed by atoms with Crippen LogP contribution < -0.4 is 0 Å². The third kappa shape index (κ3) is 8.05. The molecule has 0 aliphatic rings. The second-order valence-corrected chi connectivity index (χ2v) is 9.40. The lowest BCUT2D eigenvalue weighted by atomic mass is 10.1. The number of alkyl halides is 7. The van der Waals surface area contributed by atoms with Crippen molar-refractivity contribution in [3.63, 3.8) is 0 Å². The van der Waals surface area contributed by atoms with Crippen molar-refractivity contribution in [1.82, 2.24) is 0 Å². The molecule has 0 spiro atoms. The third-order valence-corrected chi connectivity index (χ3v) is 4.63. The summed E-state index contributed by atoms with van der Waals surface area (Å²) in [4.78, 5) is 12.3. The van der Waals surface area contributed by atoms with Crippen LogP contribution in [0.15, 0.2) is 12.2 Å². The minimum absolute atomic E-state index is 0.372. The van der Waals surface area contributed by atoms with Crippen LogP contribution >= 0.6 is 0 Å². The van der Waals surface area contributed by atoms with Crippen LogP contribution in [0.5, 0.6) is 0 Å². The number of carbonyl (C=O) groups is 1. The van der Waals surface area contributed by atoms with Gasteiger partial charge in [-0.3, -0.25) is 4.55 Å². The van der Waals surface area contributed by atoms with Crippen LogP contribution in [0.3, 0.4) is 0 Å². The molecule has 0 saturated heterocycles. The largest absolute Gasteiger partial charge is 0.456 e. The van der Waals surface area contributed by atoms with E-state index < -0.39 is 77.0 Å². The third-order valence-electron chi connectivity index (χ3n) is 3.68. The van der Waals surface area contributed by atoms with E-state index in [1.807, 2.05) is 0 Å². The molecule has 196 valence electrons. The summed E-state index contributed by atoms with van der Waals surface area (Å²) in [6.07, 6.45) is -11.8. The number of hydrogen-bond donors (Lipinski definition) is 2. The van der Waals surface area contributed by atoms with Crippen LogP contribution in [0.2, 0.25) is 0 Å². The van der Waals surface area contributed by atoms with E-state index in [9.17, 15) is 49.1 Å². The van der Waals surface area contributed by atoms with Gasteiger partial charge in [0, 0.05) is 6.42 Å². The summed E-state index contributed by atoms with van der Waals surface area (Å²) in [5.41, 5.74) is -1.86. The second-order valence-electron chi connectivity index (χ2n) is 7.93. The summed E-state index contributed by atoms with van der Waals surface area (Å²) in [6, 6.07) is 0. The summed E-state index contributed by atoms with van der Waals surface area (Å²) >= 11 is 0. The van der Waals surface area contributed by atoms with Gasteiger partial charge < -0.3 is 19.3 Å². The minimum Gasteiger partial charge on any atom is -0.456 e. The molecule has 0 heterocycles. The van der Waals surface area contributed by atoms with Gasteiger partial charge in [0.25, 0.3) is 0 Å². The molecule has 0 aromatic rings. The van der Waals surface area contributed by atoms with Gasteiger partial charge in [-0.05, 0) is 46.1 Å². The Morgan fingerprint density at radius 1 is 1.03 bits per heavy atom. The molecule has 0 saturated carbocycles. The molecule has 2 atom stereocenters. The Morgan fingerprint density at radius 2 is 1.52 bits per heavy atom. The van der Waals surface area contributed by atoms with E-state index in [4.69, 9.17) is 4.55 Å². The minimum atomic E-state index is -6.48. The molecular weight excluding hydrogens is 497 g/mol. The number of carbonyl (C=O) groups excluding carboxylic acids is 1. The number of unbranched alkanes of at least 4 members (excludes halogenated alkanes) is 1. The average molecular weight is 522 g/mol. The van der Waals surface area contributed by atoms with E-state index in [2.05, 4.69) is 20.8 Å². The van der Waals surface area contributed by atoms with E-state index in [-0.39, 0.29) is 5.57 Å². The van der Waals surface area contributed by atoms with Crippen LogP contribution in [-0.2, 0) is 29.1 Å². The number of hydrogen-bond acceptors (Lipinski definition) is 7. The lowest BCUT2D eigenvalue weighted by molar-refractivity contribution is -0.392. The van der Waals surface area contributed by atoms with E-state index in [1.165, 1.54) is 20.8 Å². The molecule has 0 radical (unpaired) electrons. The maximum absolute atomic E-state index is 13.8. The van der Waals surface area contributed by atoms with Crippen LogP contribution in [-0.4, -0.2) is 65.7 Å². The van der Waals surface area contributed by atoms with E-state index in [1.54, 1.807) is 0 Å². The molecule has 2 unspecified atom stereocenters. The van der Waals surface area contributed by atoms with E-state index in [0.717, 1.165) is 6.92 Å². The number of halogens is 7. The average Bonchev–Trinajstić information content (AvgIpc) is 2.56. The molecule has 16 heteroatoms. The van der Waals surface area contributed by atoms with Gasteiger partial charge in [0.05, 0.1) is 6.61 Å². The Labute approximate surface area is 185 Å². The molecular formula is C17H25F7O8S. The highest BCUT2D eigenvalue weighted by atomic mass is 32.2. The molecule has 0 amide bonds. The molecule has 0 aliphatic heterocycles. The van der Waals surface area contributed by atoms with Gasteiger partial charge in [-0.1, -0.05) is 6.58 Å². The van der Waals surface area contributed by atoms with Crippen molar-refractivity contribution in [2.24, 2.45) is 0 Å². The van der Waals surface area contributed by atoms with Gasteiger partial charge in [-0.2, -0.15) is 39.2 Å². The molecule has 2 N–H and O–H groups in total. The number of aliphatic hydroxyl groups is 1. The number of aliphatic hydroxyl groups excluding tert-OH is 1. The molecule has 0 bridgehead atoms. The SMILES string of the molecule is C=C(C)C(O)OC(OCCCCC(F)(F)C(F)(F)S(=O)(=O)O)(C(=O)OC(C)(C)C)C(F)(F)F. The van der Waals surface area contributed by atoms with Crippen molar-refractivity contribution in [1.29, 1.82) is 0 Å². The Bertz CT molecular complexity index is 805. The highest BCUT2D eigenvalue weighted by molar-refractivity contribution is 7.87. The van der Waals surface area contributed by atoms with Crippen LogP contribution in [0, 0.1) is 0 Å². The highest BCUT2D eigenvalue weighted by Gasteiger charge is 2.67. The van der Waals surface area contributed by atoms with Gasteiger partial charge >= 0.3 is 39.2 Å². The first-order valence-electron chi connectivity index (χ1n) is 9.09. The Kier molecular flexibility index (Phi) is 9.94. The maximum atomic E-state index is 13.8. The van der Waals surface area contributed by atoms with Crippen molar-refractivity contribution >= 4 is 16.1 Å². The van der Waals surface area contributed by atoms with E-state index >= 15 is 0 Å². The van der Waals surface area contributed by atoms with Gasteiger partial charge in [0.15, 0.2) is 6.29 Å².